The molecule has 3 aromatic rings. The Morgan fingerprint density at radius 1 is 1.03 bits per heavy atom. The molecule has 0 bridgehead atoms. The largest absolute Gasteiger partial charge is 0.318 e. The van der Waals surface area contributed by atoms with Crippen molar-refractivity contribution in [1.82, 2.24) is 9.88 Å². The summed E-state index contributed by atoms with van der Waals surface area (Å²) >= 11 is 21.2. The van der Waals surface area contributed by atoms with Crippen LogP contribution < -0.4 is 10.2 Å². The third-order valence-electron chi connectivity index (χ3n) is 5.51. The lowest BCUT2D eigenvalue weighted by molar-refractivity contribution is -0.122. The molecule has 2 amide bonds. The zero-order valence-corrected chi connectivity index (χ0v) is 21.8. The highest BCUT2D eigenvalue weighted by Gasteiger charge is 2.35. The van der Waals surface area contributed by atoms with E-state index < -0.39 is 11.8 Å². The first kappa shape index (κ1) is 23.7. The summed E-state index contributed by atoms with van der Waals surface area (Å²) in [5, 5.41) is 3.72. The number of carbonyl (C=O) groups excluding carboxylic acids is 2. The molecule has 9 heteroatoms. The number of nitrogens with one attached hydrogen (secondary N) is 1. The summed E-state index contributed by atoms with van der Waals surface area (Å²) in [6.07, 6.45) is 1.59. The van der Waals surface area contributed by atoms with Crippen LogP contribution in [-0.4, -0.2) is 21.5 Å². The lowest BCUT2D eigenvalue weighted by Gasteiger charge is -2.30. The second-order valence-electron chi connectivity index (χ2n) is 7.60. The minimum Gasteiger partial charge on any atom is -0.318 e. The molecular weight excluding hydrogens is 545 g/mol. The zero-order valence-electron chi connectivity index (χ0n) is 17.9. The summed E-state index contributed by atoms with van der Waals surface area (Å²) in [7, 11) is 0. The minimum absolute atomic E-state index is 0.0162. The van der Waals surface area contributed by atoms with E-state index in [1.807, 2.05) is 42.7 Å². The Bertz CT molecular complexity index is 1380. The number of nitrogens with zero attached hydrogens (tertiary/aromatic N) is 2. The van der Waals surface area contributed by atoms with Crippen molar-refractivity contribution in [1.29, 1.82) is 0 Å². The van der Waals surface area contributed by atoms with Crippen LogP contribution in [0.4, 0.5) is 5.69 Å². The highest BCUT2D eigenvalue weighted by atomic mass is 79.9. The molecule has 168 valence electrons. The molecule has 1 N–H and O–H groups in total. The Labute approximate surface area is 215 Å². The van der Waals surface area contributed by atoms with E-state index in [2.05, 4.69) is 21.2 Å². The molecule has 2 aromatic carbocycles. The number of hydrogen-bond donors (Lipinski definition) is 1. The smallest absolute Gasteiger partial charge is 0.270 e. The van der Waals surface area contributed by atoms with Gasteiger partial charge in [-0.1, -0.05) is 29.3 Å². The van der Waals surface area contributed by atoms with Gasteiger partial charge in [0.05, 0.1) is 10.7 Å². The third-order valence-corrected chi connectivity index (χ3v) is 7.44. The molecule has 33 heavy (non-hydrogen) atoms. The van der Waals surface area contributed by atoms with E-state index in [9.17, 15) is 9.59 Å². The van der Waals surface area contributed by atoms with Crippen LogP contribution in [-0.2, 0) is 9.59 Å². The Morgan fingerprint density at radius 3 is 2.45 bits per heavy atom. The van der Waals surface area contributed by atoms with E-state index in [0.717, 1.165) is 27.1 Å². The van der Waals surface area contributed by atoms with Gasteiger partial charge >= 0.3 is 0 Å². The fraction of sp³-hybridized carbons (Fsp3) is 0.125. The van der Waals surface area contributed by atoms with Gasteiger partial charge in [0, 0.05) is 26.6 Å². The molecule has 1 fully saturated rings. The molecule has 2 heterocycles. The van der Waals surface area contributed by atoms with Crippen molar-refractivity contribution in [2.75, 3.05) is 4.90 Å². The number of hydrogen-bond acceptors (Lipinski definition) is 3. The number of anilines is 1. The number of aryl methyl sites for hydroxylation is 1. The highest BCUT2D eigenvalue weighted by molar-refractivity contribution is 9.10. The highest BCUT2D eigenvalue weighted by Crippen LogP contribution is 2.31. The fourth-order valence-electron chi connectivity index (χ4n) is 3.83. The normalized spacial score (nSPS) is 15.4. The third kappa shape index (κ3) is 4.26. The quantitative estimate of drug-likeness (QED) is 0.231. The van der Waals surface area contributed by atoms with Crippen molar-refractivity contribution >= 4 is 80.0 Å². The molecule has 0 aliphatic carbocycles. The Morgan fingerprint density at radius 2 is 1.76 bits per heavy atom. The van der Waals surface area contributed by atoms with Crippen molar-refractivity contribution < 1.29 is 9.59 Å². The first-order valence-electron chi connectivity index (χ1n) is 9.91. The Balaban J connectivity index is 1.79. The molecule has 1 aliphatic heterocycles. The van der Waals surface area contributed by atoms with Crippen LogP contribution in [0.1, 0.15) is 22.5 Å². The maximum absolute atomic E-state index is 13.4. The molecule has 0 unspecified atom stereocenters. The molecular formula is C24H18BrCl2N3O2S. The number of thiocarbonyl (C=S) groups is 1. The average molecular weight is 563 g/mol. The molecule has 0 atom stereocenters. The summed E-state index contributed by atoms with van der Waals surface area (Å²) in [6, 6.07) is 12.8. The van der Waals surface area contributed by atoms with Crippen LogP contribution >= 0.6 is 51.3 Å². The van der Waals surface area contributed by atoms with Crippen molar-refractivity contribution in [3.05, 3.63) is 85.1 Å². The lowest BCUT2D eigenvalue weighted by Crippen LogP contribution is -2.54. The van der Waals surface area contributed by atoms with Crippen molar-refractivity contribution in [2.24, 2.45) is 0 Å². The first-order valence-corrected chi connectivity index (χ1v) is 11.9. The number of amides is 2. The predicted octanol–water partition coefficient (Wildman–Crippen LogP) is 6.30. The standard InChI is InChI=1S/C24H18BrCl2N3O2S/c1-12-9-15(14(3)29(12)16-7-8-18(25)20(27)11-16)10-17-22(31)28-24(33)30(23(17)32)21-6-4-5-19(26)13(21)2/h4-11H,1-3H3,(H,28,31,33)/b17-10+. The number of aromatic nitrogens is 1. The number of halogens is 3. The van der Waals surface area contributed by atoms with Gasteiger partial charge in [-0.25, -0.2) is 0 Å². The topological polar surface area (TPSA) is 54.3 Å². The monoisotopic (exact) mass is 561 g/mol. The first-order chi connectivity index (χ1) is 15.6. The average Bonchev–Trinajstić information content (AvgIpc) is 3.03. The van der Waals surface area contributed by atoms with E-state index in [1.54, 1.807) is 31.2 Å². The maximum atomic E-state index is 13.4. The summed E-state index contributed by atoms with van der Waals surface area (Å²) in [4.78, 5) is 27.4. The maximum Gasteiger partial charge on any atom is 0.270 e. The van der Waals surface area contributed by atoms with Crippen LogP contribution in [0.3, 0.4) is 0 Å². The minimum atomic E-state index is -0.544. The van der Waals surface area contributed by atoms with Crippen LogP contribution in [0.5, 0.6) is 0 Å². The van der Waals surface area contributed by atoms with E-state index in [0.29, 0.717) is 21.3 Å². The summed E-state index contributed by atoms with van der Waals surface area (Å²) in [5.74, 6) is -1.05. The van der Waals surface area contributed by atoms with Gasteiger partial charge in [-0.2, -0.15) is 0 Å². The van der Waals surface area contributed by atoms with E-state index in [4.69, 9.17) is 35.4 Å². The fourth-order valence-corrected chi connectivity index (χ4v) is 4.69. The SMILES string of the molecule is Cc1c(Cl)cccc1N1C(=O)/C(=C/c2cc(C)n(-c3ccc(Br)c(Cl)c3)c2C)C(=O)NC1=S. The van der Waals surface area contributed by atoms with Gasteiger partial charge in [-0.3, -0.25) is 19.8 Å². The van der Waals surface area contributed by atoms with Crippen LogP contribution in [0.15, 0.2) is 52.5 Å². The van der Waals surface area contributed by atoms with Gasteiger partial charge in [-0.15, -0.1) is 0 Å². The predicted molar refractivity (Wildman–Crippen MR) is 140 cm³/mol. The zero-order chi connectivity index (χ0) is 24.0. The van der Waals surface area contributed by atoms with Gasteiger partial charge in [0.2, 0.25) is 0 Å². The molecule has 0 spiro atoms. The molecule has 1 saturated heterocycles. The van der Waals surface area contributed by atoms with E-state index >= 15 is 0 Å². The second-order valence-corrected chi connectivity index (χ2v) is 9.66. The molecule has 1 aromatic heterocycles. The van der Waals surface area contributed by atoms with Gasteiger partial charge in [0.15, 0.2) is 5.11 Å². The lowest BCUT2D eigenvalue weighted by atomic mass is 10.1. The Hall–Kier alpha value is -2.45. The van der Waals surface area contributed by atoms with Crippen LogP contribution in [0.2, 0.25) is 10.0 Å². The molecule has 0 radical (unpaired) electrons. The van der Waals surface area contributed by atoms with E-state index in [-0.39, 0.29) is 10.7 Å². The van der Waals surface area contributed by atoms with Crippen molar-refractivity contribution in [3.63, 3.8) is 0 Å². The summed E-state index contributed by atoms with van der Waals surface area (Å²) in [5.41, 5.74) is 4.60. The molecule has 4 rings (SSSR count). The Kier molecular flexibility index (Phi) is 6.51. The van der Waals surface area contributed by atoms with Gasteiger partial charge in [0.25, 0.3) is 11.8 Å². The van der Waals surface area contributed by atoms with Crippen molar-refractivity contribution in [3.8, 4) is 5.69 Å². The summed E-state index contributed by atoms with van der Waals surface area (Å²) < 4.78 is 2.81. The van der Waals surface area contributed by atoms with Crippen molar-refractivity contribution in [2.45, 2.75) is 20.8 Å². The van der Waals surface area contributed by atoms with Gasteiger partial charge < -0.3 is 4.57 Å². The molecule has 0 saturated carbocycles. The van der Waals surface area contributed by atoms with Gasteiger partial charge in [0.1, 0.15) is 5.57 Å². The number of carbonyl (C=O) groups is 2. The summed E-state index contributed by atoms with van der Waals surface area (Å²) in [6.45, 7) is 5.67. The van der Waals surface area contributed by atoms with Gasteiger partial charge in [-0.05, 0) is 103 Å². The molecule has 5 nitrogen and oxygen atoms in total. The van der Waals surface area contributed by atoms with Crippen LogP contribution in [0.25, 0.3) is 11.8 Å². The van der Waals surface area contributed by atoms with E-state index in [1.165, 1.54) is 4.90 Å². The molecule has 1 aliphatic rings. The number of benzene rings is 2. The van der Waals surface area contributed by atoms with Crippen LogP contribution in [0, 0.1) is 20.8 Å². The second kappa shape index (κ2) is 9.06. The number of rotatable bonds is 3.